The van der Waals surface area contributed by atoms with Crippen LogP contribution in [0.3, 0.4) is 0 Å². The molecule has 0 radical (unpaired) electrons. The summed E-state index contributed by atoms with van der Waals surface area (Å²) in [6.07, 6.45) is -11.9. The lowest BCUT2D eigenvalue weighted by Crippen LogP contribution is -2.58. The normalized spacial score (nSPS) is 15.8. The number of rotatable bonds is 3. The standard InChI is InChI=1S/C18H14F6N4OS/c1-9(2)8-28-13-11(14(29)26-15(28)30)16(17(19,20)21,18(22,23)24)27-12(25-13)10-6-4-3-5-7-10/h3-7H,1,8H2,2H3,(H,25,27)(H,26,29,30). The van der Waals surface area contributed by atoms with Crippen molar-refractivity contribution in [1.29, 1.82) is 0 Å². The van der Waals surface area contributed by atoms with Crippen molar-refractivity contribution in [2.75, 3.05) is 5.32 Å². The van der Waals surface area contributed by atoms with E-state index in [0.29, 0.717) is 5.57 Å². The summed E-state index contributed by atoms with van der Waals surface area (Å²) < 4.78 is 85.0. The van der Waals surface area contributed by atoms with Crippen LogP contribution >= 0.6 is 12.2 Å². The average Bonchev–Trinajstić information content (AvgIpc) is 2.62. The van der Waals surface area contributed by atoms with Crippen molar-refractivity contribution in [2.24, 2.45) is 4.99 Å². The van der Waals surface area contributed by atoms with Crippen molar-refractivity contribution in [1.82, 2.24) is 9.55 Å². The maximum Gasteiger partial charge on any atom is 0.427 e. The fraction of sp³-hybridized carbons (Fsp3) is 0.278. The Morgan fingerprint density at radius 3 is 2.23 bits per heavy atom. The van der Waals surface area contributed by atoms with Crippen molar-refractivity contribution >= 4 is 23.9 Å². The van der Waals surface area contributed by atoms with Crippen LogP contribution in [0.1, 0.15) is 18.1 Å². The summed E-state index contributed by atoms with van der Waals surface area (Å²) in [4.78, 5) is 17.3. The maximum atomic E-state index is 14.1. The smallest absolute Gasteiger partial charge is 0.326 e. The molecule has 0 amide bonds. The number of hydrogen-bond donors (Lipinski definition) is 2. The molecule has 0 spiro atoms. The first-order valence-electron chi connectivity index (χ1n) is 8.37. The third-order valence-electron chi connectivity index (χ3n) is 4.37. The Hall–Kier alpha value is -2.89. The highest BCUT2D eigenvalue weighted by Gasteiger charge is 2.75. The molecule has 1 aromatic heterocycles. The summed E-state index contributed by atoms with van der Waals surface area (Å²) in [5, 5.41) is 2.45. The quantitative estimate of drug-likeness (QED) is 0.408. The van der Waals surface area contributed by atoms with Gasteiger partial charge in [0.25, 0.3) is 11.1 Å². The number of H-pyrrole nitrogens is 1. The molecule has 1 aliphatic heterocycles. The van der Waals surface area contributed by atoms with Crippen LogP contribution in [0.15, 0.2) is 52.3 Å². The van der Waals surface area contributed by atoms with Gasteiger partial charge in [0.15, 0.2) is 4.77 Å². The fourth-order valence-corrected chi connectivity index (χ4v) is 3.37. The number of allylic oxidation sites excluding steroid dienone is 1. The van der Waals surface area contributed by atoms with Crippen molar-refractivity contribution < 1.29 is 26.3 Å². The molecule has 0 fully saturated rings. The van der Waals surface area contributed by atoms with E-state index in [0.717, 1.165) is 4.57 Å². The summed E-state index contributed by atoms with van der Waals surface area (Å²) in [6, 6.07) is 6.97. The molecule has 0 bridgehead atoms. The van der Waals surface area contributed by atoms with E-state index in [1.165, 1.54) is 37.3 Å². The molecule has 0 unspecified atom stereocenters. The van der Waals surface area contributed by atoms with Crippen molar-refractivity contribution in [2.45, 2.75) is 31.4 Å². The van der Waals surface area contributed by atoms with Gasteiger partial charge in [0.1, 0.15) is 17.2 Å². The number of alkyl halides is 6. The Morgan fingerprint density at radius 1 is 1.17 bits per heavy atom. The molecule has 0 atom stereocenters. The predicted octanol–water partition coefficient (Wildman–Crippen LogP) is 4.67. The van der Waals surface area contributed by atoms with Crippen LogP contribution in [0.4, 0.5) is 32.2 Å². The Bertz CT molecular complexity index is 1130. The van der Waals surface area contributed by atoms with E-state index in [9.17, 15) is 31.1 Å². The highest BCUT2D eigenvalue weighted by molar-refractivity contribution is 7.71. The molecule has 2 heterocycles. The highest BCUT2D eigenvalue weighted by Crippen LogP contribution is 2.55. The largest absolute Gasteiger partial charge is 0.427 e. The first-order valence-corrected chi connectivity index (χ1v) is 8.78. The van der Waals surface area contributed by atoms with Gasteiger partial charge in [0.2, 0.25) is 0 Å². The average molecular weight is 448 g/mol. The number of nitrogens with zero attached hydrogens (tertiary/aromatic N) is 2. The van der Waals surface area contributed by atoms with Gasteiger partial charge >= 0.3 is 12.4 Å². The summed E-state index contributed by atoms with van der Waals surface area (Å²) in [7, 11) is 0. The predicted molar refractivity (Wildman–Crippen MR) is 101 cm³/mol. The minimum Gasteiger partial charge on any atom is -0.326 e. The van der Waals surface area contributed by atoms with E-state index >= 15 is 0 Å². The number of nitrogens with one attached hydrogen (secondary N) is 2. The zero-order valence-electron chi connectivity index (χ0n) is 15.3. The minimum atomic E-state index is -5.97. The molecule has 1 aliphatic rings. The lowest BCUT2D eigenvalue weighted by molar-refractivity contribution is -0.301. The Balaban J connectivity index is 2.51. The number of anilines is 1. The van der Waals surface area contributed by atoms with Crippen molar-refractivity contribution in [3.8, 4) is 0 Å². The number of amidine groups is 1. The molecule has 1 aromatic carbocycles. The number of aromatic amines is 1. The summed E-state index contributed by atoms with van der Waals surface area (Å²) in [5.41, 5.74) is -7.70. The number of halogens is 6. The third kappa shape index (κ3) is 3.34. The molecule has 2 aromatic rings. The van der Waals surface area contributed by atoms with Crippen molar-refractivity contribution in [3.05, 3.63) is 68.7 Å². The molecular formula is C18H14F6N4OS. The van der Waals surface area contributed by atoms with Crippen LogP contribution in [-0.2, 0) is 12.1 Å². The molecule has 3 rings (SSSR count). The maximum absolute atomic E-state index is 14.1. The molecule has 5 nitrogen and oxygen atoms in total. The van der Waals surface area contributed by atoms with Gasteiger partial charge in [-0.3, -0.25) is 9.78 Å². The number of hydrogen-bond acceptors (Lipinski definition) is 4. The summed E-state index contributed by atoms with van der Waals surface area (Å²) >= 11 is 4.98. The van der Waals surface area contributed by atoms with Crippen molar-refractivity contribution in [3.63, 3.8) is 0 Å². The monoisotopic (exact) mass is 448 g/mol. The van der Waals surface area contributed by atoms with Crippen LogP contribution in [0, 0.1) is 4.77 Å². The van der Waals surface area contributed by atoms with Crippen LogP contribution in [0.25, 0.3) is 0 Å². The molecule has 160 valence electrons. The molecule has 0 saturated carbocycles. The highest BCUT2D eigenvalue weighted by atomic mass is 32.1. The molecule has 12 heteroatoms. The first kappa shape index (κ1) is 21.8. The lowest BCUT2D eigenvalue weighted by atomic mass is 9.87. The summed E-state index contributed by atoms with van der Waals surface area (Å²) in [5.74, 6) is -1.44. The molecule has 2 N–H and O–H groups in total. The van der Waals surface area contributed by atoms with Gasteiger partial charge in [-0.1, -0.05) is 42.5 Å². The minimum absolute atomic E-state index is 0.0332. The van der Waals surface area contributed by atoms with E-state index in [1.807, 2.05) is 4.98 Å². The first-order chi connectivity index (χ1) is 13.8. The van der Waals surface area contributed by atoms with Crippen LogP contribution in [0.2, 0.25) is 0 Å². The second-order valence-electron chi connectivity index (χ2n) is 6.68. The van der Waals surface area contributed by atoms with Gasteiger partial charge in [-0.15, -0.1) is 0 Å². The van der Waals surface area contributed by atoms with Crippen LogP contribution in [0.5, 0.6) is 0 Å². The van der Waals surface area contributed by atoms with E-state index in [2.05, 4.69) is 16.9 Å². The second-order valence-corrected chi connectivity index (χ2v) is 7.07. The molecular weight excluding hydrogens is 434 g/mol. The number of benzene rings is 1. The van der Waals surface area contributed by atoms with E-state index in [1.54, 1.807) is 0 Å². The fourth-order valence-electron chi connectivity index (χ4n) is 3.12. The SMILES string of the molecule is C=C(C)Cn1c2c(c(=O)[nH]c1=S)C(C(F)(F)F)(C(F)(F)F)N=C(c1ccccc1)N2. The van der Waals surface area contributed by atoms with Gasteiger partial charge in [-0.25, -0.2) is 4.99 Å². The van der Waals surface area contributed by atoms with Crippen LogP contribution in [-0.4, -0.2) is 27.7 Å². The van der Waals surface area contributed by atoms with E-state index in [-0.39, 0.29) is 16.9 Å². The Kier molecular flexibility index (Phi) is 5.17. The molecule has 30 heavy (non-hydrogen) atoms. The summed E-state index contributed by atoms with van der Waals surface area (Å²) in [6.45, 7) is 4.90. The van der Waals surface area contributed by atoms with Gasteiger partial charge in [-0.05, 0) is 19.1 Å². The topological polar surface area (TPSA) is 62.2 Å². The zero-order valence-corrected chi connectivity index (χ0v) is 16.1. The van der Waals surface area contributed by atoms with Gasteiger partial charge in [0, 0.05) is 12.1 Å². The second kappa shape index (κ2) is 7.11. The molecule has 0 saturated heterocycles. The number of aromatic nitrogens is 2. The van der Waals surface area contributed by atoms with Gasteiger partial charge in [0.05, 0.1) is 0 Å². The van der Waals surface area contributed by atoms with Gasteiger partial charge < -0.3 is 9.88 Å². The zero-order chi connectivity index (χ0) is 22.5. The lowest BCUT2D eigenvalue weighted by Gasteiger charge is -2.39. The number of aliphatic imine (C=N–C) groups is 1. The molecule has 0 aliphatic carbocycles. The van der Waals surface area contributed by atoms with Gasteiger partial charge in [-0.2, -0.15) is 26.3 Å². The Labute approximate surface area is 170 Å². The third-order valence-corrected chi connectivity index (χ3v) is 4.70. The van der Waals surface area contributed by atoms with E-state index in [4.69, 9.17) is 12.2 Å². The Morgan fingerprint density at radius 2 is 1.73 bits per heavy atom. The van der Waals surface area contributed by atoms with E-state index < -0.39 is 40.7 Å². The number of fused-ring (bicyclic) bond motifs is 1. The van der Waals surface area contributed by atoms with Crippen LogP contribution < -0.4 is 10.9 Å².